The molecule has 2 heteroatoms. The first-order valence-corrected chi connectivity index (χ1v) is 6.49. The van der Waals surface area contributed by atoms with Crippen LogP contribution in [0.2, 0.25) is 6.55 Å². The molecule has 1 aromatic carbocycles. The van der Waals surface area contributed by atoms with Crippen LogP contribution in [0.5, 0.6) is 0 Å². The summed E-state index contributed by atoms with van der Waals surface area (Å²) in [7, 11) is -0.112. The predicted molar refractivity (Wildman–Crippen MR) is 55.4 cm³/mol. The van der Waals surface area contributed by atoms with Gasteiger partial charge in [0.1, 0.15) is 9.52 Å². The molecule has 11 heavy (non-hydrogen) atoms. The van der Waals surface area contributed by atoms with Gasteiger partial charge in [-0.15, -0.1) is 5.54 Å². The van der Waals surface area contributed by atoms with Crippen molar-refractivity contribution < 1.29 is 0 Å². The van der Waals surface area contributed by atoms with Crippen molar-refractivity contribution in [1.82, 2.24) is 0 Å². The molecule has 0 aromatic heterocycles. The monoisotopic (exact) mass is 224 g/mol. The van der Waals surface area contributed by atoms with Gasteiger partial charge in [-0.3, -0.25) is 0 Å². The maximum absolute atomic E-state index is 3.37. The molecule has 0 N–H and O–H groups in total. The van der Waals surface area contributed by atoms with Crippen molar-refractivity contribution in [3.8, 4) is 11.5 Å². The van der Waals surface area contributed by atoms with Crippen LogP contribution >= 0.6 is 15.9 Å². The molecule has 0 heterocycles. The smallest absolute Gasteiger partial charge is 0.104 e. The van der Waals surface area contributed by atoms with Crippen LogP contribution in [0.3, 0.4) is 0 Å². The molecule has 0 amide bonds. The van der Waals surface area contributed by atoms with Crippen molar-refractivity contribution in [1.29, 1.82) is 0 Å². The summed E-state index contributed by atoms with van der Waals surface area (Å²) in [5.74, 6) is 3.11. The number of hydrogen-bond donors (Lipinski definition) is 0. The first-order valence-electron chi connectivity index (χ1n) is 3.57. The van der Waals surface area contributed by atoms with Gasteiger partial charge in [-0.25, -0.2) is 0 Å². The van der Waals surface area contributed by atoms with Crippen LogP contribution in [0.4, 0.5) is 0 Å². The molecule has 0 nitrogen and oxygen atoms in total. The van der Waals surface area contributed by atoms with Crippen LogP contribution < -0.4 is 0 Å². The molecular weight excluding hydrogens is 216 g/mol. The molecule has 0 aliphatic carbocycles. The topological polar surface area (TPSA) is 0 Å². The Hall–Kier alpha value is -0.523. The van der Waals surface area contributed by atoms with Gasteiger partial charge < -0.3 is 0 Å². The van der Waals surface area contributed by atoms with E-state index in [1.807, 2.05) is 24.3 Å². The van der Waals surface area contributed by atoms with Gasteiger partial charge in [0.2, 0.25) is 0 Å². The summed E-state index contributed by atoms with van der Waals surface area (Å²) in [4.78, 5) is 0. The molecule has 0 spiro atoms. The van der Waals surface area contributed by atoms with Crippen LogP contribution in [0.1, 0.15) is 5.56 Å². The Kier molecular flexibility index (Phi) is 3.41. The van der Waals surface area contributed by atoms with Crippen LogP contribution in [-0.4, -0.2) is 9.52 Å². The lowest BCUT2D eigenvalue weighted by Crippen LogP contribution is -1.75. The van der Waals surface area contributed by atoms with Crippen LogP contribution in [0.25, 0.3) is 0 Å². The fourth-order valence-electron chi connectivity index (χ4n) is 0.724. The molecule has 56 valence electrons. The Bertz CT molecular complexity index is 279. The van der Waals surface area contributed by atoms with Crippen molar-refractivity contribution in [2.24, 2.45) is 0 Å². The molecule has 0 unspecified atom stereocenters. The van der Waals surface area contributed by atoms with E-state index in [1.165, 1.54) is 0 Å². The molecule has 1 rings (SSSR count). The minimum Gasteiger partial charge on any atom is -0.135 e. The zero-order valence-electron chi connectivity index (χ0n) is 6.39. The van der Waals surface area contributed by atoms with Gasteiger partial charge in [-0.05, 0) is 24.3 Å². The second-order valence-corrected chi connectivity index (χ2v) is 4.14. The second kappa shape index (κ2) is 4.37. The molecule has 0 saturated carbocycles. The lowest BCUT2D eigenvalue weighted by molar-refractivity contribution is 1.61. The van der Waals surface area contributed by atoms with E-state index >= 15 is 0 Å². The van der Waals surface area contributed by atoms with E-state index in [2.05, 4.69) is 33.9 Å². The lowest BCUT2D eigenvalue weighted by Gasteiger charge is -1.89. The van der Waals surface area contributed by atoms with Gasteiger partial charge in [0, 0.05) is 10.0 Å². The van der Waals surface area contributed by atoms with Gasteiger partial charge in [0.25, 0.3) is 0 Å². The highest BCUT2D eigenvalue weighted by molar-refractivity contribution is 9.10. The third-order valence-corrected chi connectivity index (χ3v) is 2.31. The fourth-order valence-corrected chi connectivity index (χ4v) is 1.37. The first-order chi connectivity index (χ1) is 5.33. The van der Waals surface area contributed by atoms with Crippen molar-refractivity contribution in [2.75, 3.05) is 0 Å². The summed E-state index contributed by atoms with van der Waals surface area (Å²) < 4.78 is 1.11. The third kappa shape index (κ3) is 2.92. The summed E-state index contributed by atoms with van der Waals surface area (Å²) in [6, 6.07) is 8.09. The quantitative estimate of drug-likeness (QED) is 0.468. The van der Waals surface area contributed by atoms with Gasteiger partial charge in [0.15, 0.2) is 0 Å². The van der Waals surface area contributed by atoms with Crippen molar-refractivity contribution >= 4 is 25.4 Å². The van der Waals surface area contributed by atoms with E-state index in [9.17, 15) is 0 Å². The van der Waals surface area contributed by atoms with Gasteiger partial charge in [-0.2, -0.15) is 0 Å². The zero-order valence-corrected chi connectivity index (χ0v) is 9.39. The number of benzene rings is 1. The molecule has 0 aliphatic rings. The van der Waals surface area contributed by atoms with Crippen LogP contribution in [0.15, 0.2) is 28.7 Å². The number of rotatable bonds is 0. The fraction of sp³-hybridized carbons (Fsp3) is 0.111. The average Bonchev–Trinajstić information content (AvgIpc) is 2.04. The number of halogens is 1. The minimum atomic E-state index is -0.112. The molecule has 1 aromatic rings. The third-order valence-electron chi connectivity index (χ3n) is 1.25. The lowest BCUT2D eigenvalue weighted by atomic mass is 10.2. The van der Waals surface area contributed by atoms with Crippen molar-refractivity contribution in [3.05, 3.63) is 34.3 Å². The standard InChI is InChI=1S/C9H9BrSi/c1-11-7-6-8-2-4-9(10)5-3-8/h2-5H,11H2,1H3. The molecule has 0 radical (unpaired) electrons. The summed E-state index contributed by atoms with van der Waals surface area (Å²) in [6.07, 6.45) is 0. The van der Waals surface area contributed by atoms with Crippen molar-refractivity contribution in [2.45, 2.75) is 6.55 Å². The largest absolute Gasteiger partial charge is 0.135 e. The van der Waals surface area contributed by atoms with E-state index in [0.717, 1.165) is 10.0 Å². The molecule has 0 aliphatic heterocycles. The van der Waals surface area contributed by atoms with E-state index < -0.39 is 0 Å². The Balaban J connectivity index is 2.82. The zero-order chi connectivity index (χ0) is 8.10. The summed E-state index contributed by atoms with van der Waals surface area (Å²) in [6.45, 7) is 2.19. The molecule has 0 saturated heterocycles. The van der Waals surface area contributed by atoms with Gasteiger partial charge >= 0.3 is 0 Å². The Morgan fingerprint density at radius 1 is 1.27 bits per heavy atom. The maximum Gasteiger partial charge on any atom is 0.104 e. The minimum absolute atomic E-state index is 0.112. The highest BCUT2D eigenvalue weighted by atomic mass is 79.9. The van der Waals surface area contributed by atoms with Crippen LogP contribution in [0, 0.1) is 11.5 Å². The Labute approximate surface area is 78.0 Å². The SMILES string of the molecule is C[SiH2]C#Cc1ccc(Br)cc1. The molecular formula is C9H9BrSi. The van der Waals surface area contributed by atoms with Gasteiger partial charge in [-0.1, -0.05) is 28.4 Å². The molecule has 0 atom stereocenters. The number of hydrogen-bond acceptors (Lipinski definition) is 0. The molecule has 0 fully saturated rings. The van der Waals surface area contributed by atoms with E-state index in [4.69, 9.17) is 0 Å². The van der Waals surface area contributed by atoms with Crippen molar-refractivity contribution in [3.63, 3.8) is 0 Å². The highest BCUT2D eigenvalue weighted by Crippen LogP contribution is 2.09. The molecule has 0 bridgehead atoms. The predicted octanol–water partition coefficient (Wildman–Crippen LogP) is 1.97. The normalized spacial score (nSPS) is 9.64. The Morgan fingerprint density at radius 3 is 2.45 bits per heavy atom. The maximum atomic E-state index is 3.37. The van der Waals surface area contributed by atoms with E-state index in [-0.39, 0.29) is 9.52 Å². The summed E-state index contributed by atoms with van der Waals surface area (Å²) >= 11 is 3.37. The average molecular weight is 225 g/mol. The van der Waals surface area contributed by atoms with E-state index in [1.54, 1.807) is 0 Å². The van der Waals surface area contributed by atoms with Crippen LogP contribution in [-0.2, 0) is 0 Å². The second-order valence-electron chi connectivity index (χ2n) is 2.16. The first kappa shape index (κ1) is 8.57. The Morgan fingerprint density at radius 2 is 1.91 bits per heavy atom. The summed E-state index contributed by atoms with van der Waals surface area (Å²) in [5, 5.41) is 0. The highest BCUT2D eigenvalue weighted by Gasteiger charge is 1.85. The summed E-state index contributed by atoms with van der Waals surface area (Å²) in [5.41, 5.74) is 4.27. The van der Waals surface area contributed by atoms with Gasteiger partial charge in [0.05, 0.1) is 0 Å². The van der Waals surface area contributed by atoms with E-state index in [0.29, 0.717) is 0 Å².